The van der Waals surface area contributed by atoms with Gasteiger partial charge in [-0.2, -0.15) is 0 Å². The van der Waals surface area contributed by atoms with Crippen LogP contribution in [0.3, 0.4) is 0 Å². The molecule has 1 saturated heterocycles. The molecule has 0 radical (unpaired) electrons. The van der Waals surface area contributed by atoms with Gasteiger partial charge in [-0.05, 0) is 13.8 Å². The molecule has 1 atom stereocenters. The monoisotopic (exact) mass is 156 g/mol. The van der Waals surface area contributed by atoms with Gasteiger partial charge in [0.15, 0.2) is 0 Å². The molecule has 0 aromatic carbocycles. The molecule has 1 amide bonds. The summed E-state index contributed by atoms with van der Waals surface area (Å²) < 4.78 is 0. The Labute approximate surface area is 65.3 Å². The van der Waals surface area contributed by atoms with Crippen molar-refractivity contribution in [1.82, 2.24) is 10.6 Å². The minimum Gasteiger partial charge on any atom is -0.356 e. The van der Waals surface area contributed by atoms with Gasteiger partial charge in [0, 0.05) is 5.70 Å². The third kappa shape index (κ3) is 1.21. The topological polar surface area (TPSA) is 61.4 Å². The number of aliphatic hydroxyl groups is 1. The Morgan fingerprint density at radius 1 is 1.55 bits per heavy atom. The lowest BCUT2D eigenvalue weighted by molar-refractivity contribution is -0.134. The molecular formula is C7H12N2O2. The molecule has 1 aliphatic heterocycles. The number of amides is 1. The van der Waals surface area contributed by atoms with Crippen LogP contribution in [0.5, 0.6) is 0 Å². The summed E-state index contributed by atoms with van der Waals surface area (Å²) in [5.41, 5.74) is -0.104. The Bertz CT molecular complexity index is 190. The smallest absolute Gasteiger partial charge is 0.234 e. The van der Waals surface area contributed by atoms with Crippen LogP contribution in [0.2, 0.25) is 0 Å². The lowest BCUT2D eigenvalue weighted by atomic mass is 9.87. The Hall–Kier alpha value is -1.03. The second kappa shape index (κ2) is 2.23. The highest BCUT2D eigenvalue weighted by molar-refractivity contribution is 5.85. The maximum absolute atomic E-state index is 11.2. The molecule has 0 bridgehead atoms. The zero-order valence-electron chi connectivity index (χ0n) is 6.64. The van der Waals surface area contributed by atoms with Gasteiger partial charge in [0.05, 0.1) is 5.41 Å². The van der Waals surface area contributed by atoms with E-state index in [1.807, 2.05) is 0 Å². The average Bonchev–Trinajstić information content (AvgIpc) is 1.84. The second-order valence-corrected chi connectivity index (χ2v) is 3.12. The van der Waals surface area contributed by atoms with Crippen molar-refractivity contribution in [3.63, 3.8) is 0 Å². The van der Waals surface area contributed by atoms with E-state index in [1.165, 1.54) is 0 Å². The van der Waals surface area contributed by atoms with E-state index in [0.29, 0.717) is 5.70 Å². The van der Waals surface area contributed by atoms with Crippen molar-refractivity contribution in [3.05, 3.63) is 12.3 Å². The maximum Gasteiger partial charge on any atom is 0.234 e. The van der Waals surface area contributed by atoms with Crippen LogP contribution in [0, 0.1) is 5.41 Å². The SMILES string of the molecule is C=C1NC(O)NC(=O)C1(C)C. The van der Waals surface area contributed by atoms with E-state index >= 15 is 0 Å². The summed E-state index contributed by atoms with van der Waals surface area (Å²) >= 11 is 0. The van der Waals surface area contributed by atoms with Crippen molar-refractivity contribution in [2.45, 2.75) is 20.2 Å². The molecule has 1 fully saturated rings. The molecule has 11 heavy (non-hydrogen) atoms. The van der Waals surface area contributed by atoms with Crippen molar-refractivity contribution < 1.29 is 9.90 Å². The van der Waals surface area contributed by atoms with Crippen LogP contribution in [-0.4, -0.2) is 17.4 Å². The third-order valence-electron chi connectivity index (χ3n) is 1.90. The van der Waals surface area contributed by atoms with Crippen LogP contribution in [0.1, 0.15) is 13.8 Å². The number of hydrogen-bond acceptors (Lipinski definition) is 3. The van der Waals surface area contributed by atoms with Crippen molar-refractivity contribution in [1.29, 1.82) is 0 Å². The minimum absolute atomic E-state index is 0.214. The first-order valence-electron chi connectivity index (χ1n) is 3.39. The van der Waals surface area contributed by atoms with Gasteiger partial charge in [0.1, 0.15) is 0 Å². The highest BCUT2D eigenvalue weighted by Crippen LogP contribution is 2.25. The number of nitrogens with one attached hydrogen (secondary N) is 2. The minimum atomic E-state index is -0.997. The van der Waals surface area contributed by atoms with Crippen LogP contribution in [0.15, 0.2) is 12.3 Å². The Balaban J connectivity index is 2.84. The summed E-state index contributed by atoms with van der Waals surface area (Å²) in [6.07, 6.45) is -0.997. The molecule has 4 nitrogen and oxygen atoms in total. The fourth-order valence-corrected chi connectivity index (χ4v) is 0.823. The van der Waals surface area contributed by atoms with Crippen LogP contribution in [-0.2, 0) is 4.79 Å². The van der Waals surface area contributed by atoms with Gasteiger partial charge < -0.3 is 15.7 Å². The molecule has 1 rings (SSSR count). The van der Waals surface area contributed by atoms with Gasteiger partial charge in [-0.3, -0.25) is 4.79 Å². The van der Waals surface area contributed by atoms with E-state index in [2.05, 4.69) is 17.2 Å². The lowest BCUT2D eigenvalue weighted by Crippen LogP contribution is -2.57. The molecule has 0 aromatic heterocycles. The predicted octanol–water partition coefficient (Wildman–Crippen LogP) is -0.478. The lowest BCUT2D eigenvalue weighted by Gasteiger charge is -2.35. The molecule has 62 valence electrons. The molecule has 1 unspecified atom stereocenters. The molecule has 0 aliphatic carbocycles. The number of carbonyl (C=O) groups excluding carboxylic acids is 1. The van der Waals surface area contributed by atoms with Crippen LogP contribution >= 0.6 is 0 Å². The molecule has 0 saturated carbocycles. The molecule has 1 aliphatic rings. The first kappa shape index (κ1) is 8.07. The number of carbonyl (C=O) groups is 1. The third-order valence-corrected chi connectivity index (χ3v) is 1.90. The highest BCUT2D eigenvalue weighted by atomic mass is 16.3. The molecule has 0 aromatic rings. The van der Waals surface area contributed by atoms with Crippen molar-refractivity contribution >= 4 is 5.91 Å². The molecule has 4 heteroatoms. The van der Waals surface area contributed by atoms with Crippen molar-refractivity contribution in [2.24, 2.45) is 5.41 Å². The fraction of sp³-hybridized carbons (Fsp3) is 0.571. The summed E-state index contributed by atoms with van der Waals surface area (Å²) in [7, 11) is 0. The summed E-state index contributed by atoms with van der Waals surface area (Å²) in [6, 6.07) is 0. The molecular weight excluding hydrogens is 144 g/mol. The number of aliphatic hydroxyl groups excluding tert-OH is 1. The Morgan fingerprint density at radius 3 is 2.55 bits per heavy atom. The first-order valence-corrected chi connectivity index (χ1v) is 3.39. The summed E-state index contributed by atoms with van der Waals surface area (Å²) in [6.45, 7) is 7.12. The van der Waals surface area contributed by atoms with E-state index < -0.39 is 11.8 Å². The van der Waals surface area contributed by atoms with Crippen LogP contribution in [0.4, 0.5) is 0 Å². The molecule has 3 N–H and O–H groups in total. The van der Waals surface area contributed by atoms with Gasteiger partial charge in [0.2, 0.25) is 12.3 Å². The summed E-state index contributed by atoms with van der Waals surface area (Å²) in [5.74, 6) is -0.214. The van der Waals surface area contributed by atoms with E-state index in [4.69, 9.17) is 5.11 Å². The summed E-state index contributed by atoms with van der Waals surface area (Å²) in [4.78, 5) is 11.2. The van der Waals surface area contributed by atoms with Gasteiger partial charge in [0.25, 0.3) is 0 Å². The number of hydrogen-bond donors (Lipinski definition) is 3. The van der Waals surface area contributed by atoms with Crippen LogP contribution < -0.4 is 10.6 Å². The van der Waals surface area contributed by atoms with E-state index in [9.17, 15) is 4.79 Å². The maximum atomic E-state index is 11.2. The summed E-state index contributed by atoms with van der Waals surface area (Å²) in [5, 5.41) is 14.0. The average molecular weight is 156 g/mol. The fourth-order valence-electron chi connectivity index (χ4n) is 0.823. The van der Waals surface area contributed by atoms with Gasteiger partial charge in [-0.15, -0.1) is 0 Å². The highest BCUT2D eigenvalue weighted by Gasteiger charge is 2.36. The molecule has 1 heterocycles. The zero-order valence-corrected chi connectivity index (χ0v) is 6.64. The Kier molecular flexibility index (Phi) is 1.64. The normalized spacial score (nSPS) is 29.2. The van der Waals surface area contributed by atoms with Gasteiger partial charge >= 0.3 is 0 Å². The Morgan fingerprint density at radius 2 is 2.09 bits per heavy atom. The van der Waals surface area contributed by atoms with Gasteiger partial charge in [-0.1, -0.05) is 6.58 Å². The largest absolute Gasteiger partial charge is 0.356 e. The first-order chi connectivity index (χ1) is 4.94. The standard InChI is InChI=1S/C7H12N2O2/c1-4-7(2,3)5(10)9-6(11)8-4/h6,8,11H,1H2,2-3H3,(H,9,10). The zero-order chi connectivity index (χ0) is 8.65. The predicted molar refractivity (Wildman–Crippen MR) is 40.2 cm³/mol. The van der Waals surface area contributed by atoms with E-state index in [1.54, 1.807) is 13.8 Å². The van der Waals surface area contributed by atoms with Crippen LogP contribution in [0.25, 0.3) is 0 Å². The van der Waals surface area contributed by atoms with Gasteiger partial charge in [-0.25, -0.2) is 0 Å². The molecule has 0 spiro atoms. The van der Waals surface area contributed by atoms with E-state index in [0.717, 1.165) is 0 Å². The quantitative estimate of drug-likeness (QED) is 0.444. The van der Waals surface area contributed by atoms with E-state index in [-0.39, 0.29) is 5.91 Å². The van der Waals surface area contributed by atoms with Crippen molar-refractivity contribution in [3.8, 4) is 0 Å². The number of rotatable bonds is 0. The van der Waals surface area contributed by atoms with Crippen molar-refractivity contribution in [2.75, 3.05) is 0 Å². The second-order valence-electron chi connectivity index (χ2n) is 3.12.